The van der Waals surface area contributed by atoms with Crippen molar-refractivity contribution in [2.45, 2.75) is 84.7 Å². The lowest BCUT2D eigenvalue weighted by molar-refractivity contribution is -0.124. The van der Waals surface area contributed by atoms with Crippen LogP contribution in [0.25, 0.3) is 0 Å². The van der Waals surface area contributed by atoms with E-state index in [0.29, 0.717) is 6.42 Å². The van der Waals surface area contributed by atoms with E-state index in [1.807, 2.05) is 30.3 Å². The second kappa shape index (κ2) is 8.15. The van der Waals surface area contributed by atoms with Crippen molar-refractivity contribution in [3.8, 4) is 0 Å². The first-order chi connectivity index (χ1) is 11.2. The Hall–Kier alpha value is -0.973. The predicted molar refractivity (Wildman–Crippen MR) is 107 cm³/mol. The van der Waals surface area contributed by atoms with Crippen molar-refractivity contribution in [2.75, 3.05) is 0 Å². The Bertz CT molecular complexity index is 553. The molecule has 0 bridgehead atoms. The highest BCUT2D eigenvalue weighted by Crippen LogP contribution is 2.40. The zero-order valence-electron chi connectivity index (χ0n) is 17.2. The fraction of sp³-hybridized carbons (Fsp3) is 0.667. The molecule has 0 aliphatic rings. The fourth-order valence-corrected chi connectivity index (χ4v) is 3.86. The Morgan fingerprint density at radius 1 is 1.04 bits per heavy atom. The summed E-state index contributed by atoms with van der Waals surface area (Å²) in [6, 6.07) is 9.36. The molecule has 0 aromatic heterocycles. The summed E-state index contributed by atoms with van der Waals surface area (Å²) < 4.78 is 6.56. The van der Waals surface area contributed by atoms with E-state index in [4.69, 9.17) is 4.43 Å². The van der Waals surface area contributed by atoms with Crippen molar-refractivity contribution in [3.63, 3.8) is 0 Å². The minimum Gasteiger partial charge on any atom is -0.413 e. The van der Waals surface area contributed by atoms with Gasteiger partial charge in [-0.3, -0.25) is 4.79 Å². The van der Waals surface area contributed by atoms with Crippen LogP contribution in [0.2, 0.25) is 18.1 Å². The molecule has 0 saturated carbocycles. The second-order valence-electron chi connectivity index (χ2n) is 9.61. The van der Waals surface area contributed by atoms with Gasteiger partial charge in [-0.2, -0.15) is 0 Å². The van der Waals surface area contributed by atoms with Gasteiger partial charge in [0.05, 0.1) is 12.2 Å². The van der Waals surface area contributed by atoms with E-state index in [1.54, 1.807) is 0 Å². The normalized spacial score (nSPS) is 15.7. The van der Waals surface area contributed by atoms with Crippen LogP contribution in [0.3, 0.4) is 0 Å². The molecule has 2 atom stereocenters. The molecule has 0 spiro atoms. The van der Waals surface area contributed by atoms with Crippen molar-refractivity contribution in [2.24, 2.45) is 5.41 Å². The molecule has 25 heavy (non-hydrogen) atoms. The maximum atomic E-state index is 12.6. The van der Waals surface area contributed by atoms with E-state index in [0.717, 1.165) is 5.56 Å². The van der Waals surface area contributed by atoms with E-state index < -0.39 is 14.4 Å². The Morgan fingerprint density at radius 3 is 2.00 bits per heavy atom. The number of rotatable bonds is 7. The number of ketones is 1. The van der Waals surface area contributed by atoms with E-state index in [-0.39, 0.29) is 28.8 Å². The van der Waals surface area contributed by atoms with Gasteiger partial charge in [-0.05, 0) is 29.1 Å². The van der Waals surface area contributed by atoms with E-state index in [2.05, 4.69) is 54.6 Å². The first kappa shape index (κ1) is 22.1. The van der Waals surface area contributed by atoms with Gasteiger partial charge in [0.1, 0.15) is 5.78 Å². The molecule has 1 aromatic carbocycles. The summed E-state index contributed by atoms with van der Waals surface area (Å²) in [7, 11) is -1.96. The Balaban J connectivity index is 2.81. The van der Waals surface area contributed by atoms with Crippen molar-refractivity contribution < 1.29 is 14.3 Å². The first-order valence-corrected chi connectivity index (χ1v) is 12.1. The van der Waals surface area contributed by atoms with Gasteiger partial charge in [-0.25, -0.2) is 0 Å². The molecule has 3 nitrogen and oxygen atoms in total. The molecule has 0 amide bonds. The van der Waals surface area contributed by atoms with Crippen LogP contribution in [0.4, 0.5) is 0 Å². The fourth-order valence-electron chi connectivity index (χ4n) is 2.36. The first-order valence-electron chi connectivity index (χ1n) is 9.16. The zero-order chi connectivity index (χ0) is 19.5. The van der Waals surface area contributed by atoms with Crippen LogP contribution in [0, 0.1) is 5.41 Å². The van der Waals surface area contributed by atoms with Crippen molar-refractivity contribution in [1.29, 1.82) is 0 Å². The van der Waals surface area contributed by atoms with Crippen LogP contribution in [0.1, 0.15) is 66.1 Å². The summed E-state index contributed by atoms with van der Waals surface area (Å²) in [6.45, 7) is 17.4. The Morgan fingerprint density at radius 2 is 1.56 bits per heavy atom. The van der Waals surface area contributed by atoms with E-state index >= 15 is 0 Å². The van der Waals surface area contributed by atoms with Crippen LogP contribution < -0.4 is 0 Å². The molecule has 1 aromatic rings. The van der Waals surface area contributed by atoms with Crippen molar-refractivity contribution in [3.05, 3.63) is 35.9 Å². The number of hydrogen-bond donors (Lipinski definition) is 1. The number of aliphatic hydroxyl groups excluding tert-OH is 1. The third-order valence-corrected chi connectivity index (χ3v) is 9.71. The summed E-state index contributed by atoms with van der Waals surface area (Å²) in [5, 5.41) is 10.4. The maximum Gasteiger partial charge on any atom is 0.192 e. The number of Topliss-reactive ketones (excluding diaryl/α,β-unsaturated/α-hetero) is 1. The standard InChI is InChI=1S/C21H36O3Si/c1-20(2,3)19(24-25(7,8)21(4,5)6)15-17(22)14-18(23)16-12-10-9-11-13-16/h9-13,18-19,23H,14-15H2,1-8H3/t18-,19+/m0/s1. The SMILES string of the molecule is CC(C)(C)[C@@H](CC(=O)C[C@H](O)c1ccccc1)O[Si](C)(C)C(C)(C)C. The third kappa shape index (κ3) is 6.68. The highest BCUT2D eigenvalue weighted by molar-refractivity contribution is 6.74. The van der Waals surface area contributed by atoms with Crippen LogP contribution in [0.5, 0.6) is 0 Å². The molecule has 0 aliphatic carbocycles. The summed E-state index contributed by atoms with van der Waals surface area (Å²) in [6.07, 6.45) is -0.400. The molecular formula is C21H36O3Si. The monoisotopic (exact) mass is 364 g/mol. The smallest absolute Gasteiger partial charge is 0.192 e. The average Bonchev–Trinajstić information content (AvgIpc) is 2.45. The molecule has 0 heterocycles. The molecule has 0 saturated heterocycles. The Labute approximate surface area is 154 Å². The molecule has 0 fully saturated rings. The lowest BCUT2D eigenvalue weighted by Crippen LogP contribution is -2.48. The van der Waals surface area contributed by atoms with Gasteiger partial charge in [0, 0.05) is 12.8 Å². The number of aliphatic hydroxyl groups is 1. The summed E-state index contributed by atoms with van der Waals surface area (Å²) in [5.41, 5.74) is 0.663. The molecule has 0 unspecified atom stereocenters. The molecule has 142 valence electrons. The highest BCUT2D eigenvalue weighted by atomic mass is 28.4. The number of benzene rings is 1. The number of carbonyl (C=O) groups is 1. The summed E-state index contributed by atoms with van der Waals surface area (Å²) in [4.78, 5) is 12.6. The molecule has 0 aliphatic heterocycles. The van der Waals surface area contributed by atoms with Crippen molar-refractivity contribution >= 4 is 14.1 Å². The molecule has 1 rings (SSSR count). The predicted octanol–water partition coefficient (Wildman–Crippen LogP) is 5.51. The van der Waals surface area contributed by atoms with Crippen LogP contribution in [-0.2, 0) is 9.22 Å². The maximum absolute atomic E-state index is 12.6. The second-order valence-corrected chi connectivity index (χ2v) is 14.4. The quantitative estimate of drug-likeness (QED) is 0.649. The molecule has 4 heteroatoms. The van der Waals surface area contributed by atoms with E-state index in [1.165, 1.54) is 0 Å². The minimum atomic E-state index is -1.96. The lowest BCUT2D eigenvalue weighted by Gasteiger charge is -2.43. The zero-order valence-corrected chi connectivity index (χ0v) is 18.2. The average molecular weight is 365 g/mol. The molecular weight excluding hydrogens is 328 g/mol. The Kier molecular flexibility index (Phi) is 7.19. The largest absolute Gasteiger partial charge is 0.413 e. The molecule has 0 radical (unpaired) electrons. The van der Waals surface area contributed by atoms with Gasteiger partial charge in [-0.1, -0.05) is 71.9 Å². The van der Waals surface area contributed by atoms with Crippen LogP contribution in [-0.4, -0.2) is 25.3 Å². The number of carbonyl (C=O) groups excluding carboxylic acids is 1. The van der Waals surface area contributed by atoms with Crippen LogP contribution in [0.15, 0.2) is 30.3 Å². The van der Waals surface area contributed by atoms with Gasteiger partial charge < -0.3 is 9.53 Å². The lowest BCUT2D eigenvalue weighted by atomic mass is 9.85. The van der Waals surface area contributed by atoms with Crippen molar-refractivity contribution in [1.82, 2.24) is 0 Å². The highest BCUT2D eigenvalue weighted by Gasteiger charge is 2.42. The molecule has 1 N–H and O–H groups in total. The van der Waals surface area contributed by atoms with Gasteiger partial charge >= 0.3 is 0 Å². The van der Waals surface area contributed by atoms with Gasteiger partial charge in [-0.15, -0.1) is 0 Å². The third-order valence-electron chi connectivity index (χ3n) is 5.23. The summed E-state index contributed by atoms with van der Waals surface area (Å²) >= 11 is 0. The van der Waals surface area contributed by atoms with Gasteiger partial charge in [0.25, 0.3) is 0 Å². The topological polar surface area (TPSA) is 46.5 Å². The van der Waals surface area contributed by atoms with E-state index in [9.17, 15) is 9.90 Å². The van der Waals surface area contributed by atoms with Crippen LogP contribution >= 0.6 is 0 Å². The van der Waals surface area contributed by atoms with Gasteiger partial charge in [0.15, 0.2) is 8.32 Å². The number of hydrogen-bond acceptors (Lipinski definition) is 3. The summed E-state index contributed by atoms with van der Waals surface area (Å²) in [5.74, 6) is 0.0509. The minimum absolute atomic E-state index is 0.0509. The van der Waals surface area contributed by atoms with Gasteiger partial charge in [0.2, 0.25) is 0 Å².